The van der Waals surface area contributed by atoms with Gasteiger partial charge in [-0.1, -0.05) is 13.8 Å². The summed E-state index contributed by atoms with van der Waals surface area (Å²) in [5.41, 5.74) is 6.23. The molecule has 0 aromatic carbocycles. The molecule has 2 unspecified atom stereocenters. The smallest absolute Gasteiger partial charge is 0.240 e. The molecule has 1 heterocycles. The van der Waals surface area contributed by atoms with Crippen LogP contribution in [0.15, 0.2) is 12.4 Å². The van der Waals surface area contributed by atoms with Gasteiger partial charge >= 0.3 is 0 Å². The molecule has 1 aromatic rings. The van der Waals surface area contributed by atoms with Crippen LogP contribution in [0.3, 0.4) is 0 Å². The van der Waals surface area contributed by atoms with Gasteiger partial charge in [-0.3, -0.25) is 9.48 Å². The number of ether oxygens (including phenoxy) is 1. The van der Waals surface area contributed by atoms with E-state index in [1.807, 2.05) is 40.2 Å². The summed E-state index contributed by atoms with van der Waals surface area (Å²) < 4.78 is 7.40. The Kier molecular flexibility index (Phi) is 4.39. The van der Waals surface area contributed by atoms with Gasteiger partial charge < -0.3 is 15.8 Å². The zero-order chi connectivity index (χ0) is 15.7. The molecule has 1 aliphatic rings. The van der Waals surface area contributed by atoms with Crippen LogP contribution in [0.1, 0.15) is 32.8 Å². The lowest BCUT2D eigenvalue weighted by atomic mass is 9.54. The van der Waals surface area contributed by atoms with E-state index in [0.29, 0.717) is 19.6 Å². The summed E-state index contributed by atoms with van der Waals surface area (Å²) in [6.07, 6.45) is 5.14. The van der Waals surface area contributed by atoms with Gasteiger partial charge in [0.15, 0.2) is 0 Å². The Labute approximate surface area is 126 Å². The van der Waals surface area contributed by atoms with Crippen molar-refractivity contribution in [3.05, 3.63) is 18.0 Å². The van der Waals surface area contributed by atoms with Gasteiger partial charge in [0, 0.05) is 38.2 Å². The lowest BCUT2D eigenvalue weighted by Crippen LogP contribution is -2.75. The first-order chi connectivity index (χ1) is 9.81. The third kappa shape index (κ3) is 2.82. The number of amides is 1. The largest absolute Gasteiger partial charge is 0.378 e. The van der Waals surface area contributed by atoms with Crippen molar-refractivity contribution in [3.63, 3.8) is 0 Å². The predicted molar refractivity (Wildman–Crippen MR) is 80.7 cm³/mol. The quantitative estimate of drug-likeness (QED) is 0.805. The lowest BCUT2D eigenvalue weighted by molar-refractivity contribution is -0.170. The highest BCUT2D eigenvalue weighted by Crippen LogP contribution is 2.49. The first-order valence-electron chi connectivity index (χ1n) is 7.47. The molecule has 2 atom stereocenters. The molecule has 3 N–H and O–H groups in total. The summed E-state index contributed by atoms with van der Waals surface area (Å²) in [6, 6.07) is 0. The normalized spacial score (nSPS) is 27.2. The second kappa shape index (κ2) is 5.77. The van der Waals surface area contributed by atoms with Crippen molar-refractivity contribution in [2.24, 2.45) is 18.2 Å². The van der Waals surface area contributed by atoms with Crippen molar-refractivity contribution < 1.29 is 9.53 Å². The average Bonchev–Trinajstić information content (AvgIpc) is 2.83. The van der Waals surface area contributed by atoms with Crippen molar-refractivity contribution in [3.8, 4) is 0 Å². The van der Waals surface area contributed by atoms with E-state index in [1.165, 1.54) is 0 Å². The van der Waals surface area contributed by atoms with Crippen LogP contribution in [-0.2, 0) is 23.0 Å². The van der Waals surface area contributed by atoms with E-state index in [9.17, 15) is 4.79 Å². The van der Waals surface area contributed by atoms with Crippen LogP contribution in [0.25, 0.3) is 0 Å². The molecular weight excluding hydrogens is 268 g/mol. The number of carbonyl (C=O) groups excluding carboxylic acids is 1. The van der Waals surface area contributed by atoms with Crippen LogP contribution in [0.5, 0.6) is 0 Å². The molecule has 1 aromatic heterocycles. The first kappa shape index (κ1) is 16.0. The molecule has 1 fully saturated rings. The zero-order valence-electron chi connectivity index (χ0n) is 13.3. The second-order valence-electron chi connectivity index (χ2n) is 6.37. The number of hydrogen-bond acceptors (Lipinski definition) is 4. The predicted octanol–water partition coefficient (Wildman–Crippen LogP) is 0.611. The molecule has 21 heavy (non-hydrogen) atoms. The van der Waals surface area contributed by atoms with E-state index >= 15 is 0 Å². The SMILES string of the molecule is CCOC1CC(N)(C(=O)NCCc2cnn(C)c2)C1(C)C. The molecule has 2 rings (SSSR count). The van der Waals surface area contributed by atoms with Gasteiger partial charge in [-0.25, -0.2) is 0 Å². The number of aromatic nitrogens is 2. The summed E-state index contributed by atoms with van der Waals surface area (Å²) in [4.78, 5) is 12.4. The Balaban J connectivity index is 1.86. The topological polar surface area (TPSA) is 82.2 Å². The van der Waals surface area contributed by atoms with Gasteiger partial charge in [0.05, 0.1) is 12.3 Å². The van der Waals surface area contributed by atoms with Crippen LogP contribution in [0, 0.1) is 5.41 Å². The van der Waals surface area contributed by atoms with Gasteiger partial charge in [0.25, 0.3) is 0 Å². The molecule has 0 spiro atoms. The van der Waals surface area contributed by atoms with Crippen molar-refractivity contribution in [2.45, 2.75) is 45.3 Å². The van der Waals surface area contributed by atoms with E-state index in [1.54, 1.807) is 4.68 Å². The Hall–Kier alpha value is -1.40. The average molecular weight is 294 g/mol. The molecule has 1 amide bonds. The van der Waals surface area contributed by atoms with Gasteiger partial charge in [0.1, 0.15) is 5.54 Å². The van der Waals surface area contributed by atoms with Crippen LogP contribution in [0.4, 0.5) is 0 Å². The van der Waals surface area contributed by atoms with Crippen molar-refractivity contribution in [1.29, 1.82) is 0 Å². The molecule has 1 aliphatic carbocycles. The zero-order valence-corrected chi connectivity index (χ0v) is 13.3. The Morgan fingerprint density at radius 3 is 2.86 bits per heavy atom. The van der Waals surface area contributed by atoms with Crippen molar-refractivity contribution in [2.75, 3.05) is 13.2 Å². The fourth-order valence-corrected chi connectivity index (χ4v) is 2.90. The molecule has 6 heteroatoms. The van der Waals surface area contributed by atoms with Crippen molar-refractivity contribution in [1.82, 2.24) is 15.1 Å². The van der Waals surface area contributed by atoms with Gasteiger partial charge in [0.2, 0.25) is 5.91 Å². The highest BCUT2D eigenvalue weighted by Gasteiger charge is 2.62. The lowest BCUT2D eigenvalue weighted by Gasteiger charge is -2.57. The Morgan fingerprint density at radius 2 is 2.33 bits per heavy atom. The third-order valence-electron chi connectivity index (χ3n) is 4.69. The maximum atomic E-state index is 12.4. The summed E-state index contributed by atoms with van der Waals surface area (Å²) >= 11 is 0. The van der Waals surface area contributed by atoms with Crippen LogP contribution in [0.2, 0.25) is 0 Å². The van der Waals surface area contributed by atoms with Crippen LogP contribution < -0.4 is 11.1 Å². The van der Waals surface area contributed by atoms with E-state index < -0.39 is 5.54 Å². The third-order valence-corrected chi connectivity index (χ3v) is 4.69. The molecule has 6 nitrogen and oxygen atoms in total. The van der Waals surface area contributed by atoms with E-state index in [2.05, 4.69) is 10.4 Å². The highest BCUT2D eigenvalue weighted by atomic mass is 16.5. The summed E-state index contributed by atoms with van der Waals surface area (Å²) in [7, 11) is 1.88. The minimum Gasteiger partial charge on any atom is -0.378 e. The van der Waals surface area contributed by atoms with E-state index in [4.69, 9.17) is 10.5 Å². The number of carbonyl (C=O) groups is 1. The highest BCUT2D eigenvalue weighted by molar-refractivity contribution is 5.88. The standard InChI is InChI=1S/C15H26N4O2/c1-5-21-12-8-15(16,14(12,2)3)13(20)17-7-6-11-9-18-19(4)10-11/h9-10,12H,5-8,16H2,1-4H3,(H,17,20). The fraction of sp³-hybridized carbons (Fsp3) is 0.733. The van der Waals surface area contributed by atoms with Gasteiger partial charge in [-0.2, -0.15) is 5.10 Å². The summed E-state index contributed by atoms with van der Waals surface area (Å²) in [5, 5.41) is 7.05. The minimum absolute atomic E-state index is 0.0524. The Bertz CT molecular complexity index is 512. The second-order valence-corrected chi connectivity index (χ2v) is 6.37. The van der Waals surface area contributed by atoms with E-state index in [-0.39, 0.29) is 17.4 Å². The van der Waals surface area contributed by atoms with Gasteiger partial charge in [-0.15, -0.1) is 0 Å². The number of nitrogens with zero attached hydrogens (tertiary/aromatic N) is 2. The molecule has 0 radical (unpaired) electrons. The van der Waals surface area contributed by atoms with Crippen molar-refractivity contribution >= 4 is 5.91 Å². The fourth-order valence-electron chi connectivity index (χ4n) is 2.90. The molecule has 0 aliphatic heterocycles. The minimum atomic E-state index is -0.845. The maximum Gasteiger partial charge on any atom is 0.240 e. The van der Waals surface area contributed by atoms with Crippen LogP contribution >= 0.6 is 0 Å². The summed E-state index contributed by atoms with van der Waals surface area (Å²) in [6.45, 7) is 7.17. The summed E-state index contributed by atoms with van der Waals surface area (Å²) in [5.74, 6) is -0.0904. The number of nitrogens with two attached hydrogens (primary N) is 1. The molecular formula is C15H26N4O2. The maximum absolute atomic E-state index is 12.4. The Morgan fingerprint density at radius 1 is 1.62 bits per heavy atom. The number of rotatable bonds is 6. The first-order valence-corrected chi connectivity index (χ1v) is 7.47. The van der Waals surface area contributed by atoms with Gasteiger partial charge in [-0.05, 0) is 18.9 Å². The molecule has 0 saturated heterocycles. The number of nitrogens with one attached hydrogen (secondary N) is 1. The number of hydrogen-bond donors (Lipinski definition) is 2. The molecule has 0 bridgehead atoms. The molecule has 1 saturated carbocycles. The van der Waals surface area contributed by atoms with E-state index in [0.717, 1.165) is 12.0 Å². The number of aryl methyl sites for hydroxylation is 1. The molecule has 118 valence electrons. The van der Waals surface area contributed by atoms with Crippen LogP contribution in [-0.4, -0.2) is 40.5 Å². The monoisotopic (exact) mass is 294 g/mol.